The normalized spacial score (nSPS) is 11.1. The van der Waals surface area contributed by atoms with Crippen LogP contribution in [0.4, 0.5) is 5.69 Å². The van der Waals surface area contributed by atoms with Crippen LogP contribution in [0.25, 0.3) is 0 Å². The molecule has 1 rings (SSSR count). The van der Waals surface area contributed by atoms with Crippen LogP contribution in [0.2, 0.25) is 0 Å². The number of carboxylic acids is 1. The van der Waals surface area contributed by atoms with Crippen molar-refractivity contribution >= 4 is 29.3 Å². The third kappa shape index (κ3) is 6.29. The number of carboxylic acid groups (broad SMARTS) is 1. The summed E-state index contributed by atoms with van der Waals surface area (Å²) in [6.45, 7) is 6.13. The molecule has 104 valence electrons. The molecule has 4 nitrogen and oxygen atoms in total. The van der Waals surface area contributed by atoms with E-state index in [4.69, 9.17) is 5.11 Å². The van der Waals surface area contributed by atoms with Gasteiger partial charge in [-0.15, -0.1) is 11.8 Å². The van der Waals surface area contributed by atoms with E-state index in [2.05, 4.69) is 5.32 Å². The number of anilines is 1. The fourth-order valence-electron chi connectivity index (χ4n) is 1.43. The minimum Gasteiger partial charge on any atom is -0.481 e. The topological polar surface area (TPSA) is 66.4 Å². The highest BCUT2D eigenvalue weighted by atomic mass is 32.2. The molecule has 0 bridgehead atoms. The third-order valence-corrected chi connectivity index (χ3v) is 3.54. The molecule has 0 spiro atoms. The van der Waals surface area contributed by atoms with Crippen molar-refractivity contribution in [2.75, 3.05) is 11.1 Å². The van der Waals surface area contributed by atoms with Crippen molar-refractivity contribution in [1.82, 2.24) is 0 Å². The van der Waals surface area contributed by atoms with Crippen LogP contribution in [0.1, 0.15) is 26.3 Å². The zero-order valence-corrected chi connectivity index (χ0v) is 12.2. The lowest BCUT2D eigenvalue weighted by molar-refractivity contribution is -0.136. The quantitative estimate of drug-likeness (QED) is 0.871. The molecular formula is C14H19NO3S. The monoisotopic (exact) mass is 281 g/mol. The van der Waals surface area contributed by atoms with Crippen molar-refractivity contribution in [3.63, 3.8) is 0 Å². The van der Waals surface area contributed by atoms with E-state index in [0.29, 0.717) is 17.0 Å². The SMILES string of the molecule is CC(C)(C)SCC(=O)Nc1ccccc1CC(=O)O. The number of nitrogens with one attached hydrogen (secondary N) is 1. The zero-order valence-electron chi connectivity index (χ0n) is 11.4. The van der Waals surface area contributed by atoms with Gasteiger partial charge >= 0.3 is 5.97 Å². The molecule has 1 aromatic rings. The zero-order chi connectivity index (χ0) is 14.5. The number of hydrogen-bond acceptors (Lipinski definition) is 3. The number of benzene rings is 1. The number of aliphatic carboxylic acids is 1. The van der Waals surface area contributed by atoms with Crippen LogP contribution in [0, 0.1) is 0 Å². The Morgan fingerprint density at radius 1 is 1.26 bits per heavy atom. The van der Waals surface area contributed by atoms with Gasteiger partial charge in [-0.1, -0.05) is 39.0 Å². The van der Waals surface area contributed by atoms with Crippen LogP contribution < -0.4 is 5.32 Å². The maximum atomic E-state index is 11.8. The first kappa shape index (κ1) is 15.6. The fourth-order valence-corrected chi connectivity index (χ4v) is 2.06. The summed E-state index contributed by atoms with van der Waals surface area (Å²) >= 11 is 1.55. The minimum atomic E-state index is -0.911. The number of thioether (sulfide) groups is 1. The Hall–Kier alpha value is -1.49. The number of rotatable bonds is 5. The van der Waals surface area contributed by atoms with Gasteiger partial charge < -0.3 is 10.4 Å². The molecule has 5 heteroatoms. The van der Waals surface area contributed by atoms with E-state index in [9.17, 15) is 9.59 Å². The van der Waals surface area contributed by atoms with Crippen molar-refractivity contribution in [3.05, 3.63) is 29.8 Å². The smallest absolute Gasteiger partial charge is 0.307 e. The first-order valence-corrected chi connectivity index (χ1v) is 7.00. The Labute approximate surface area is 117 Å². The molecule has 1 aromatic carbocycles. The summed E-state index contributed by atoms with van der Waals surface area (Å²) in [7, 11) is 0. The van der Waals surface area contributed by atoms with Crippen molar-refractivity contribution in [2.45, 2.75) is 31.9 Å². The van der Waals surface area contributed by atoms with Crippen molar-refractivity contribution in [1.29, 1.82) is 0 Å². The second-order valence-corrected chi connectivity index (χ2v) is 6.98. The van der Waals surface area contributed by atoms with Crippen LogP contribution in [-0.4, -0.2) is 27.5 Å². The highest BCUT2D eigenvalue weighted by Crippen LogP contribution is 2.23. The predicted molar refractivity (Wildman–Crippen MR) is 78.6 cm³/mol. The number of hydrogen-bond donors (Lipinski definition) is 2. The van der Waals surface area contributed by atoms with Gasteiger partial charge in [0.15, 0.2) is 0 Å². The summed E-state index contributed by atoms with van der Waals surface area (Å²) in [4.78, 5) is 22.6. The first-order chi connectivity index (χ1) is 8.78. The molecule has 0 unspecified atom stereocenters. The summed E-state index contributed by atoms with van der Waals surface area (Å²) in [5, 5.41) is 11.6. The van der Waals surface area contributed by atoms with Crippen molar-refractivity contribution < 1.29 is 14.7 Å². The van der Waals surface area contributed by atoms with E-state index in [-0.39, 0.29) is 17.1 Å². The second-order valence-electron chi connectivity index (χ2n) is 5.18. The molecule has 0 saturated heterocycles. The molecule has 0 fully saturated rings. The van der Waals surface area contributed by atoms with Gasteiger partial charge in [-0.3, -0.25) is 9.59 Å². The lowest BCUT2D eigenvalue weighted by Crippen LogP contribution is -2.20. The summed E-state index contributed by atoms with van der Waals surface area (Å²) in [6, 6.07) is 6.97. The average Bonchev–Trinajstić information content (AvgIpc) is 2.27. The molecule has 0 saturated carbocycles. The van der Waals surface area contributed by atoms with E-state index in [1.165, 1.54) is 0 Å². The molecule has 0 atom stereocenters. The molecule has 0 aliphatic rings. The maximum Gasteiger partial charge on any atom is 0.307 e. The molecule has 2 N–H and O–H groups in total. The van der Waals surface area contributed by atoms with Crippen LogP contribution in [0.3, 0.4) is 0 Å². The molecule has 0 radical (unpaired) electrons. The van der Waals surface area contributed by atoms with E-state index in [0.717, 1.165) is 0 Å². The average molecular weight is 281 g/mol. The second kappa shape index (κ2) is 6.61. The summed E-state index contributed by atoms with van der Waals surface area (Å²) in [6.07, 6.45) is -0.0944. The highest BCUT2D eigenvalue weighted by Gasteiger charge is 2.14. The van der Waals surface area contributed by atoms with Gasteiger partial charge in [0.1, 0.15) is 0 Å². The van der Waals surface area contributed by atoms with Gasteiger partial charge in [0, 0.05) is 10.4 Å². The molecule has 0 aliphatic heterocycles. The largest absolute Gasteiger partial charge is 0.481 e. The highest BCUT2D eigenvalue weighted by molar-refractivity contribution is 8.01. The van der Waals surface area contributed by atoms with Crippen LogP contribution in [0.15, 0.2) is 24.3 Å². The van der Waals surface area contributed by atoms with Gasteiger partial charge in [-0.25, -0.2) is 0 Å². The van der Waals surface area contributed by atoms with Gasteiger partial charge in [0.05, 0.1) is 12.2 Å². The number of carbonyl (C=O) groups excluding carboxylic acids is 1. The Bertz CT molecular complexity index is 466. The van der Waals surface area contributed by atoms with Gasteiger partial charge in [0.25, 0.3) is 0 Å². The minimum absolute atomic E-state index is 0.0257. The Kier molecular flexibility index (Phi) is 5.42. The molecule has 1 amide bonds. The summed E-state index contributed by atoms with van der Waals surface area (Å²) in [5.41, 5.74) is 1.19. The van der Waals surface area contributed by atoms with E-state index >= 15 is 0 Å². The number of para-hydroxylation sites is 1. The van der Waals surface area contributed by atoms with Crippen LogP contribution in [0.5, 0.6) is 0 Å². The van der Waals surface area contributed by atoms with Crippen LogP contribution in [-0.2, 0) is 16.0 Å². The van der Waals surface area contributed by atoms with Gasteiger partial charge in [-0.2, -0.15) is 0 Å². The number of amides is 1. The molecule has 19 heavy (non-hydrogen) atoms. The Morgan fingerprint density at radius 3 is 2.47 bits per heavy atom. The molecule has 0 heterocycles. The molecule has 0 aromatic heterocycles. The lowest BCUT2D eigenvalue weighted by Gasteiger charge is -2.17. The molecule has 0 aliphatic carbocycles. The van der Waals surface area contributed by atoms with E-state index in [1.54, 1.807) is 36.0 Å². The third-order valence-electron chi connectivity index (χ3n) is 2.27. The van der Waals surface area contributed by atoms with Crippen LogP contribution >= 0.6 is 11.8 Å². The molecular weight excluding hydrogens is 262 g/mol. The van der Waals surface area contributed by atoms with Crippen molar-refractivity contribution in [2.24, 2.45) is 0 Å². The van der Waals surface area contributed by atoms with E-state index in [1.807, 2.05) is 20.8 Å². The summed E-state index contributed by atoms with van der Waals surface area (Å²) < 4.78 is 0.0257. The Morgan fingerprint density at radius 2 is 1.89 bits per heavy atom. The van der Waals surface area contributed by atoms with E-state index < -0.39 is 5.97 Å². The maximum absolute atomic E-state index is 11.8. The van der Waals surface area contributed by atoms with Gasteiger partial charge in [0.2, 0.25) is 5.91 Å². The van der Waals surface area contributed by atoms with Gasteiger partial charge in [-0.05, 0) is 11.6 Å². The fraction of sp³-hybridized carbons (Fsp3) is 0.429. The summed E-state index contributed by atoms with van der Waals surface area (Å²) in [5.74, 6) is -0.672. The predicted octanol–water partition coefficient (Wildman–Crippen LogP) is 2.78. The first-order valence-electron chi connectivity index (χ1n) is 6.01. The lowest BCUT2D eigenvalue weighted by atomic mass is 10.1. The Balaban J connectivity index is 2.66. The standard InChI is InChI=1S/C14H19NO3S/c1-14(2,3)19-9-12(16)15-11-7-5-4-6-10(11)8-13(17)18/h4-7H,8-9H2,1-3H3,(H,15,16)(H,17,18). The number of carbonyl (C=O) groups is 2. The van der Waals surface area contributed by atoms with Crippen molar-refractivity contribution in [3.8, 4) is 0 Å².